The highest BCUT2D eigenvalue weighted by molar-refractivity contribution is 5.44. The number of rotatable bonds is 8. The van der Waals surface area contributed by atoms with E-state index in [1.165, 1.54) is 42.6 Å². The Balaban J connectivity index is 1.78. The average Bonchev–Trinajstić information content (AvgIpc) is 3.28. The van der Waals surface area contributed by atoms with Crippen LogP contribution in [-0.2, 0) is 13.0 Å². The minimum atomic E-state index is 1.08. The van der Waals surface area contributed by atoms with Crippen LogP contribution in [0.25, 0.3) is 11.4 Å². The number of aromatic nitrogens is 3. The molecule has 0 fully saturated rings. The molecule has 3 aromatic rings. The third-order valence-electron chi connectivity index (χ3n) is 4.46. The molecule has 3 rings (SSSR count). The van der Waals surface area contributed by atoms with Crippen LogP contribution >= 0.6 is 0 Å². The Labute approximate surface area is 145 Å². The van der Waals surface area contributed by atoms with Gasteiger partial charge in [-0.1, -0.05) is 32.8 Å². The molecule has 0 aliphatic heterocycles. The van der Waals surface area contributed by atoms with E-state index in [4.69, 9.17) is 0 Å². The summed E-state index contributed by atoms with van der Waals surface area (Å²) < 4.78 is 6.68. The Bertz CT molecular complexity index is 705. The lowest BCUT2D eigenvalue weighted by atomic mass is 10.2. The maximum Gasteiger partial charge on any atom is 0.248 e. The van der Waals surface area contributed by atoms with Gasteiger partial charge in [0, 0.05) is 24.1 Å². The predicted octanol–water partition coefficient (Wildman–Crippen LogP) is 4.70. The lowest BCUT2D eigenvalue weighted by molar-refractivity contribution is -0.696. The fourth-order valence-electron chi connectivity index (χ4n) is 2.96. The van der Waals surface area contributed by atoms with E-state index in [-0.39, 0.29) is 0 Å². The molecule has 0 spiro atoms. The Hall–Kier alpha value is -2.29. The molecule has 0 N–H and O–H groups in total. The van der Waals surface area contributed by atoms with Crippen LogP contribution in [0.4, 0.5) is 0 Å². The van der Waals surface area contributed by atoms with E-state index in [0.29, 0.717) is 0 Å². The average molecular weight is 322 g/mol. The van der Waals surface area contributed by atoms with Crippen LogP contribution in [0.1, 0.15) is 45.1 Å². The summed E-state index contributed by atoms with van der Waals surface area (Å²) in [5.74, 6) is 0. The standard InChI is InChI=1S/C21H28N3/c1-3-5-8-19-11-13-23(17-19)20-9-7-10-21(16-20)24-15-14-22(18-24)12-6-4-2/h7,9-11,13-18H,3-6,8,12H2,1-2H3/q+1. The van der Waals surface area contributed by atoms with Gasteiger partial charge < -0.3 is 4.57 Å². The van der Waals surface area contributed by atoms with E-state index < -0.39 is 0 Å². The molecule has 0 bridgehead atoms. The van der Waals surface area contributed by atoms with E-state index in [2.05, 4.69) is 89.0 Å². The van der Waals surface area contributed by atoms with E-state index in [1.807, 2.05) is 0 Å². The van der Waals surface area contributed by atoms with E-state index in [0.717, 1.165) is 13.0 Å². The van der Waals surface area contributed by atoms with Crippen molar-refractivity contribution in [3.8, 4) is 11.4 Å². The van der Waals surface area contributed by atoms with Gasteiger partial charge in [-0.05, 0) is 43.0 Å². The predicted molar refractivity (Wildman–Crippen MR) is 98.8 cm³/mol. The van der Waals surface area contributed by atoms with Crippen molar-refractivity contribution in [2.45, 2.75) is 52.5 Å². The van der Waals surface area contributed by atoms with Crippen LogP contribution in [0.3, 0.4) is 0 Å². The molecular formula is C21H28N3+. The number of hydrogen-bond donors (Lipinski definition) is 0. The molecule has 126 valence electrons. The van der Waals surface area contributed by atoms with E-state index in [9.17, 15) is 0 Å². The van der Waals surface area contributed by atoms with Crippen LogP contribution in [0, 0.1) is 0 Å². The van der Waals surface area contributed by atoms with Gasteiger partial charge in [0.05, 0.1) is 6.54 Å². The number of unbranched alkanes of at least 4 members (excludes halogenated alkanes) is 2. The summed E-state index contributed by atoms with van der Waals surface area (Å²) in [5.41, 5.74) is 3.83. The second-order valence-corrected chi connectivity index (χ2v) is 6.46. The molecule has 0 aliphatic carbocycles. The van der Waals surface area contributed by atoms with Gasteiger partial charge in [0.1, 0.15) is 18.1 Å². The highest BCUT2D eigenvalue weighted by atomic mass is 15.1. The monoisotopic (exact) mass is 322 g/mol. The minimum absolute atomic E-state index is 1.08. The fraction of sp³-hybridized carbons (Fsp3) is 0.381. The number of nitrogens with zero attached hydrogens (tertiary/aromatic N) is 3. The molecule has 0 atom stereocenters. The normalized spacial score (nSPS) is 11.1. The molecule has 2 heterocycles. The first-order chi connectivity index (χ1) is 11.8. The van der Waals surface area contributed by atoms with Crippen molar-refractivity contribution in [3.63, 3.8) is 0 Å². The van der Waals surface area contributed by atoms with Gasteiger partial charge >= 0.3 is 0 Å². The molecule has 24 heavy (non-hydrogen) atoms. The molecule has 0 saturated carbocycles. The van der Waals surface area contributed by atoms with Crippen molar-refractivity contribution in [2.75, 3.05) is 0 Å². The van der Waals surface area contributed by atoms with Crippen LogP contribution in [0.2, 0.25) is 0 Å². The molecule has 0 amide bonds. The number of aryl methyl sites for hydroxylation is 2. The maximum atomic E-state index is 2.26. The molecule has 0 radical (unpaired) electrons. The molecule has 0 aliphatic rings. The highest BCUT2D eigenvalue weighted by Crippen LogP contribution is 2.16. The van der Waals surface area contributed by atoms with Gasteiger partial charge in [0.15, 0.2) is 0 Å². The van der Waals surface area contributed by atoms with Crippen molar-refractivity contribution >= 4 is 0 Å². The van der Waals surface area contributed by atoms with Gasteiger partial charge in [0.2, 0.25) is 6.33 Å². The summed E-state index contributed by atoms with van der Waals surface area (Å²) in [5, 5.41) is 0. The Morgan fingerprint density at radius 1 is 0.917 bits per heavy atom. The topological polar surface area (TPSA) is 13.7 Å². The van der Waals surface area contributed by atoms with Gasteiger partial charge in [-0.25, -0.2) is 9.13 Å². The minimum Gasteiger partial charge on any atom is -0.323 e. The van der Waals surface area contributed by atoms with Gasteiger partial charge in [-0.15, -0.1) is 0 Å². The van der Waals surface area contributed by atoms with Gasteiger partial charge in [-0.2, -0.15) is 0 Å². The Kier molecular flexibility index (Phi) is 5.52. The molecule has 1 aromatic carbocycles. The van der Waals surface area contributed by atoms with Gasteiger partial charge in [0.25, 0.3) is 0 Å². The molecule has 3 nitrogen and oxygen atoms in total. The van der Waals surface area contributed by atoms with Crippen molar-refractivity contribution in [1.82, 2.24) is 9.13 Å². The maximum absolute atomic E-state index is 2.26. The summed E-state index contributed by atoms with van der Waals surface area (Å²) in [7, 11) is 0. The smallest absolute Gasteiger partial charge is 0.248 e. The summed E-state index contributed by atoms with van der Waals surface area (Å²) in [6.07, 6.45) is 17.0. The van der Waals surface area contributed by atoms with E-state index >= 15 is 0 Å². The Morgan fingerprint density at radius 3 is 2.50 bits per heavy atom. The summed E-state index contributed by atoms with van der Waals surface area (Å²) in [4.78, 5) is 0. The summed E-state index contributed by atoms with van der Waals surface area (Å²) >= 11 is 0. The van der Waals surface area contributed by atoms with Crippen LogP contribution < -0.4 is 4.57 Å². The SMILES string of the molecule is CCCCc1ccn(-c2cccc(-n3cc[n+](CCCC)c3)c2)c1. The van der Waals surface area contributed by atoms with Crippen molar-refractivity contribution in [2.24, 2.45) is 0 Å². The quantitative estimate of drug-likeness (QED) is 0.534. The van der Waals surface area contributed by atoms with Crippen molar-refractivity contribution < 1.29 is 4.57 Å². The van der Waals surface area contributed by atoms with Gasteiger partial charge in [-0.3, -0.25) is 0 Å². The number of benzene rings is 1. The molecule has 0 saturated heterocycles. The zero-order valence-electron chi connectivity index (χ0n) is 14.9. The molecular weight excluding hydrogens is 294 g/mol. The lowest BCUT2D eigenvalue weighted by Crippen LogP contribution is -2.30. The first-order valence-electron chi connectivity index (χ1n) is 9.15. The Morgan fingerprint density at radius 2 is 1.71 bits per heavy atom. The van der Waals surface area contributed by atoms with Crippen LogP contribution in [0.15, 0.2) is 61.4 Å². The first-order valence-corrected chi connectivity index (χ1v) is 9.15. The largest absolute Gasteiger partial charge is 0.323 e. The van der Waals surface area contributed by atoms with E-state index in [1.54, 1.807) is 0 Å². The molecule has 2 aromatic heterocycles. The zero-order chi connectivity index (χ0) is 16.8. The first kappa shape index (κ1) is 16.6. The third kappa shape index (κ3) is 3.97. The van der Waals surface area contributed by atoms with Crippen LogP contribution in [0.5, 0.6) is 0 Å². The zero-order valence-corrected chi connectivity index (χ0v) is 14.9. The lowest BCUT2D eigenvalue weighted by Gasteiger charge is -2.04. The number of hydrogen-bond acceptors (Lipinski definition) is 0. The second kappa shape index (κ2) is 8.00. The summed E-state index contributed by atoms with van der Waals surface area (Å²) in [6.45, 7) is 5.55. The summed E-state index contributed by atoms with van der Waals surface area (Å²) in [6, 6.07) is 10.9. The van der Waals surface area contributed by atoms with Crippen molar-refractivity contribution in [3.05, 3.63) is 67.0 Å². The second-order valence-electron chi connectivity index (χ2n) is 6.46. The third-order valence-corrected chi connectivity index (χ3v) is 4.46. The fourth-order valence-corrected chi connectivity index (χ4v) is 2.96. The van der Waals surface area contributed by atoms with Crippen LogP contribution in [-0.4, -0.2) is 9.13 Å². The number of imidazole rings is 1. The molecule has 3 heteroatoms. The molecule has 0 unspecified atom stereocenters. The highest BCUT2D eigenvalue weighted by Gasteiger charge is 2.08. The van der Waals surface area contributed by atoms with Crippen molar-refractivity contribution in [1.29, 1.82) is 0 Å².